The van der Waals surface area contributed by atoms with Crippen LogP contribution >= 0.6 is 0 Å². The molecule has 29 heavy (non-hydrogen) atoms. The molecule has 8 nitrogen and oxygen atoms in total. The van der Waals surface area contributed by atoms with Crippen LogP contribution < -0.4 is 14.8 Å². The van der Waals surface area contributed by atoms with Gasteiger partial charge in [-0.1, -0.05) is 0 Å². The van der Waals surface area contributed by atoms with Crippen LogP contribution in [0.1, 0.15) is 11.1 Å². The first kappa shape index (κ1) is 18.2. The van der Waals surface area contributed by atoms with Crippen LogP contribution in [0.15, 0.2) is 24.7 Å². The summed E-state index contributed by atoms with van der Waals surface area (Å²) in [6, 6.07) is 3.14. The Kier molecular flexibility index (Phi) is 4.34. The number of fused-ring (bicyclic) bond motifs is 2. The van der Waals surface area contributed by atoms with E-state index < -0.39 is 5.34 Å². The molecule has 0 spiro atoms. The van der Waals surface area contributed by atoms with Gasteiger partial charge in [0.15, 0.2) is 5.75 Å². The number of halogens is 1. The molecule has 0 atom stereocenters. The Labute approximate surface area is 168 Å². The molecule has 1 fully saturated rings. The Bertz CT molecular complexity index is 1070. The first-order valence-electron chi connectivity index (χ1n) is 9.65. The van der Waals surface area contributed by atoms with E-state index in [0.29, 0.717) is 61.7 Å². The van der Waals surface area contributed by atoms with E-state index in [9.17, 15) is 4.39 Å². The molecule has 2 aliphatic heterocycles. The van der Waals surface area contributed by atoms with Crippen molar-refractivity contribution >= 4 is 27.3 Å². The van der Waals surface area contributed by atoms with Crippen LogP contribution in [-0.2, 0) is 16.5 Å². The van der Waals surface area contributed by atoms with Crippen molar-refractivity contribution in [3.05, 3.63) is 41.6 Å². The topological polar surface area (TPSA) is 82.8 Å². The van der Waals surface area contributed by atoms with E-state index in [1.165, 1.54) is 6.07 Å². The van der Waals surface area contributed by atoms with E-state index >= 15 is 0 Å². The van der Waals surface area contributed by atoms with Crippen LogP contribution in [0, 0.1) is 11.7 Å². The fourth-order valence-electron chi connectivity index (χ4n) is 3.84. The van der Waals surface area contributed by atoms with Gasteiger partial charge in [0.2, 0.25) is 11.6 Å². The summed E-state index contributed by atoms with van der Waals surface area (Å²) < 4.78 is 33.2. The summed E-state index contributed by atoms with van der Waals surface area (Å²) in [5.74, 6) is 1.92. The maximum atomic E-state index is 14.8. The molecule has 4 heterocycles. The molecular formula is C18H20B2FN5O3. The minimum Gasteiger partial charge on any atom is -0.493 e. The standard InChI is InChI=1S/C18H20B2FN5O3/c19-18(20,15-11-3-4-28-13(11)2-1-12(15)21)24-17-22-5-14(16-25-23-9-26(16)17)29-8-10-6-27-7-10/h1-2,5,9-10H,3-4,6-8,19-20H2,(H,22,24). The number of hydrogen-bond acceptors (Lipinski definition) is 7. The van der Waals surface area contributed by atoms with Crippen molar-refractivity contribution in [1.29, 1.82) is 0 Å². The van der Waals surface area contributed by atoms with Crippen LogP contribution in [0.2, 0.25) is 0 Å². The van der Waals surface area contributed by atoms with Gasteiger partial charge in [-0.2, -0.15) is 0 Å². The molecule has 1 saturated heterocycles. The first-order valence-corrected chi connectivity index (χ1v) is 9.65. The minimum absolute atomic E-state index is 0.269. The lowest BCUT2D eigenvalue weighted by Gasteiger charge is -2.30. The third-order valence-corrected chi connectivity index (χ3v) is 5.36. The summed E-state index contributed by atoms with van der Waals surface area (Å²) in [7, 11) is 3.84. The quantitative estimate of drug-likeness (QED) is 0.575. The molecule has 2 aromatic heterocycles. The Balaban J connectivity index is 1.46. The summed E-state index contributed by atoms with van der Waals surface area (Å²) >= 11 is 0. The van der Waals surface area contributed by atoms with Crippen LogP contribution in [0.4, 0.5) is 10.3 Å². The maximum absolute atomic E-state index is 14.8. The van der Waals surface area contributed by atoms with E-state index in [-0.39, 0.29) is 5.82 Å². The highest BCUT2D eigenvalue weighted by molar-refractivity contribution is 6.41. The third-order valence-electron chi connectivity index (χ3n) is 5.36. The fourth-order valence-corrected chi connectivity index (χ4v) is 3.84. The SMILES string of the molecule is BC(B)(Nc1ncc(OCC2COC2)c2nncn12)c1c(F)ccc2c1CCO2. The van der Waals surface area contributed by atoms with E-state index in [1.807, 2.05) is 15.7 Å². The van der Waals surface area contributed by atoms with E-state index in [4.69, 9.17) is 14.2 Å². The second kappa shape index (κ2) is 6.91. The van der Waals surface area contributed by atoms with Crippen molar-refractivity contribution in [3.8, 4) is 11.5 Å². The van der Waals surface area contributed by atoms with Crippen molar-refractivity contribution in [2.75, 3.05) is 31.7 Å². The number of rotatable bonds is 6. The molecule has 0 bridgehead atoms. The predicted octanol–water partition coefficient (Wildman–Crippen LogP) is -0.288. The first-order chi connectivity index (χ1) is 14.0. The summed E-state index contributed by atoms with van der Waals surface area (Å²) in [5.41, 5.74) is 2.03. The van der Waals surface area contributed by atoms with Gasteiger partial charge in [0, 0.05) is 28.8 Å². The Morgan fingerprint density at radius 1 is 1.34 bits per heavy atom. The summed E-state index contributed by atoms with van der Waals surface area (Å²) in [5, 5.41) is 10.8. The summed E-state index contributed by atoms with van der Waals surface area (Å²) in [6.45, 7) is 2.53. The highest BCUT2D eigenvalue weighted by Gasteiger charge is 2.32. The molecule has 0 aliphatic carbocycles. The minimum atomic E-state index is -0.737. The fraction of sp³-hybridized carbons (Fsp3) is 0.389. The number of aromatic nitrogens is 4. The predicted molar refractivity (Wildman–Crippen MR) is 109 cm³/mol. The van der Waals surface area contributed by atoms with Gasteiger partial charge in [0.25, 0.3) is 0 Å². The Morgan fingerprint density at radius 2 is 2.21 bits per heavy atom. The van der Waals surface area contributed by atoms with Gasteiger partial charge in [-0.25, -0.2) is 13.8 Å². The molecule has 3 aromatic rings. The van der Waals surface area contributed by atoms with Gasteiger partial charge in [0.05, 0.1) is 32.6 Å². The highest BCUT2D eigenvalue weighted by Crippen LogP contribution is 2.35. The lowest BCUT2D eigenvalue weighted by atomic mass is 9.57. The van der Waals surface area contributed by atoms with E-state index in [0.717, 1.165) is 11.3 Å². The number of anilines is 1. The molecule has 148 valence electrons. The molecule has 5 rings (SSSR count). The van der Waals surface area contributed by atoms with Gasteiger partial charge < -0.3 is 19.5 Å². The van der Waals surface area contributed by atoms with Crippen molar-refractivity contribution in [2.45, 2.75) is 11.8 Å². The van der Waals surface area contributed by atoms with E-state index in [2.05, 4.69) is 20.5 Å². The summed E-state index contributed by atoms with van der Waals surface area (Å²) in [6.07, 6.45) is 3.87. The second-order valence-corrected chi connectivity index (χ2v) is 7.93. The Morgan fingerprint density at radius 3 is 3.00 bits per heavy atom. The van der Waals surface area contributed by atoms with Gasteiger partial charge in [-0.15, -0.1) is 10.2 Å². The molecule has 11 heteroatoms. The zero-order chi connectivity index (χ0) is 20.0. The average molecular weight is 395 g/mol. The van der Waals surface area contributed by atoms with Crippen LogP contribution in [0.3, 0.4) is 0 Å². The molecule has 0 unspecified atom stereocenters. The monoisotopic (exact) mass is 395 g/mol. The van der Waals surface area contributed by atoms with Gasteiger partial charge in [0.1, 0.15) is 33.6 Å². The van der Waals surface area contributed by atoms with Crippen molar-refractivity contribution in [2.24, 2.45) is 5.92 Å². The largest absolute Gasteiger partial charge is 0.493 e. The lowest BCUT2D eigenvalue weighted by molar-refractivity contribution is -0.0507. The molecule has 0 amide bonds. The molecule has 1 N–H and O–H groups in total. The van der Waals surface area contributed by atoms with Gasteiger partial charge in [-0.3, -0.25) is 0 Å². The zero-order valence-electron chi connectivity index (χ0n) is 16.3. The van der Waals surface area contributed by atoms with Crippen molar-refractivity contribution in [3.63, 3.8) is 0 Å². The van der Waals surface area contributed by atoms with Gasteiger partial charge in [-0.05, 0) is 12.1 Å². The van der Waals surface area contributed by atoms with Crippen LogP contribution in [0.5, 0.6) is 11.5 Å². The molecular weight excluding hydrogens is 375 g/mol. The van der Waals surface area contributed by atoms with Crippen molar-refractivity contribution in [1.82, 2.24) is 19.6 Å². The molecule has 2 aliphatic rings. The maximum Gasteiger partial charge on any atom is 0.209 e. The van der Waals surface area contributed by atoms with Crippen molar-refractivity contribution < 1.29 is 18.6 Å². The molecule has 0 radical (unpaired) electrons. The molecule has 1 aromatic carbocycles. The smallest absolute Gasteiger partial charge is 0.209 e. The summed E-state index contributed by atoms with van der Waals surface area (Å²) in [4.78, 5) is 4.50. The second-order valence-electron chi connectivity index (χ2n) is 7.93. The zero-order valence-corrected chi connectivity index (χ0v) is 16.3. The normalized spacial score (nSPS) is 16.3. The Hall–Kier alpha value is -2.81. The number of ether oxygens (including phenoxy) is 3. The highest BCUT2D eigenvalue weighted by atomic mass is 19.1. The lowest BCUT2D eigenvalue weighted by Crippen LogP contribution is -2.39. The number of nitrogens with zero attached hydrogens (tertiary/aromatic N) is 4. The number of benzene rings is 1. The molecule has 0 saturated carbocycles. The average Bonchev–Trinajstić information content (AvgIpc) is 3.30. The van der Waals surface area contributed by atoms with E-state index in [1.54, 1.807) is 23.0 Å². The number of hydrogen-bond donors (Lipinski definition) is 1. The van der Waals surface area contributed by atoms with Gasteiger partial charge >= 0.3 is 0 Å². The van der Waals surface area contributed by atoms with Crippen LogP contribution in [-0.4, -0.2) is 61.7 Å². The third kappa shape index (κ3) is 3.19. The number of nitrogens with one attached hydrogen (secondary N) is 1. The van der Waals surface area contributed by atoms with Crippen LogP contribution in [0.25, 0.3) is 5.65 Å².